The van der Waals surface area contributed by atoms with E-state index in [0.717, 1.165) is 12.8 Å². The van der Waals surface area contributed by atoms with Crippen LogP contribution in [0.2, 0.25) is 0 Å². The van der Waals surface area contributed by atoms with Gasteiger partial charge < -0.3 is 15.3 Å². The fourth-order valence-corrected chi connectivity index (χ4v) is 3.36. The first-order chi connectivity index (χ1) is 10.5. The molecule has 0 radical (unpaired) electrons. The van der Waals surface area contributed by atoms with Gasteiger partial charge in [-0.2, -0.15) is 0 Å². The molecule has 1 aromatic carbocycles. The Morgan fingerprint density at radius 3 is 2.68 bits per heavy atom. The van der Waals surface area contributed by atoms with Gasteiger partial charge in [0.2, 0.25) is 0 Å². The second-order valence-corrected chi connectivity index (χ2v) is 6.52. The lowest BCUT2D eigenvalue weighted by atomic mass is 9.92. The third kappa shape index (κ3) is 2.80. The smallest absolute Gasteiger partial charge is 0.317 e. The number of amides is 2. The van der Waals surface area contributed by atoms with Crippen LogP contribution in [0.1, 0.15) is 30.4 Å². The molecule has 5 heteroatoms. The van der Waals surface area contributed by atoms with Gasteiger partial charge in [-0.1, -0.05) is 24.3 Å². The Bertz CT molecular complexity index is 595. The number of rotatable bonds is 4. The SMILES string of the molecule is Cc1ccccc1C1(CNC(=O)N2CCC(C(=O)O)C2)CC1. The quantitative estimate of drug-likeness (QED) is 0.895. The zero-order chi connectivity index (χ0) is 15.7. The van der Waals surface area contributed by atoms with E-state index in [1.54, 1.807) is 4.90 Å². The fourth-order valence-electron chi connectivity index (χ4n) is 3.36. The van der Waals surface area contributed by atoms with Gasteiger partial charge in [0, 0.05) is 25.0 Å². The standard InChI is InChI=1S/C17H22N2O3/c1-12-4-2-3-5-14(12)17(7-8-17)11-18-16(22)19-9-6-13(10-19)15(20)21/h2-5,13H,6-11H2,1H3,(H,18,22)(H,20,21). The molecule has 5 nitrogen and oxygen atoms in total. The van der Waals surface area contributed by atoms with E-state index in [0.29, 0.717) is 26.1 Å². The summed E-state index contributed by atoms with van der Waals surface area (Å²) in [5, 5.41) is 12.0. The van der Waals surface area contributed by atoms with Gasteiger partial charge in [-0.05, 0) is 37.3 Å². The number of nitrogens with one attached hydrogen (secondary N) is 1. The maximum Gasteiger partial charge on any atom is 0.317 e. The summed E-state index contributed by atoms with van der Waals surface area (Å²) in [6.45, 7) is 3.58. The van der Waals surface area contributed by atoms with Gasteiger partial charge in [0.05, 0.1) is 5.92 Å². The number of urea groups is 1. The fraction of sp³-hybridized carbons (Fsp3) is 0.529. The maximum absolute atomic E-state index is 12.2. The number of aryl methyl sites for hydroxylation is 1. The number of carboxylic acid groups (broad SMARTS) is 1. The summed E-state index contributed by atoms with van der Waals surface area (Å²) in [5.41, 5.74) is 2.66. The average molecular weight is 302 g/mol. The average Bonchev–Trinajstić information content (AvgIpc) is 3.10. The molecule has 0 spiro atoms. The number of carboxylic acids is 1. The number of hydrogen-bond donors (Lipinski definition) is 2. The molecule has 22 heavy (non-hydrogen) atoms. The Kier molecular flexibility index (Phi) is 3.81. The lowest BCUT2D eigenvalue weighted by Crippen LogP contribution is -2.42. The normalized spacial score (nSPS) is 22.4. The minimum Gasteiger partial charge on any atom is -0.481 e. The van der Waals surface area contributed by atoms with Crippen LogP contribution < -0.4 is 5.32 Å². The van der Waals surface area contributed by atoms with Gasteiger partial charge >= 0.3 is 12.0 Å². The first-order valence-electron chi connectivity index (χ1n) is 7.83. The molecule has 1 saturated carbocycles. The number of benzene rings is 1. The van der Waals surface area contributed by atoms with Crippen molar-refractivity contribution in [2.24, 2.45) is 5.92 Å². The topological polar surface area (TPSA) is 69.6 Å². The van der Waals surface area contributed by atoms with E-state index in [9.17, 15) is 9.59 Å². The van der Waals surface area contributed by atoms with Gasteiger partial charge in [0.1, 0.15) is 0 Å². The second-order valence-electron chi connectivity index (χ2n) is 6.52. The highest BCUT2D eigenvalue weighted by Gasteiger charge is 2.45. The molecule has 0 aromatic heterocycles. The van der Waals surface area contributed by atoms with E-state index in [1.807, 2.05) is 12.1 Å². The molecule has 2 amide bonds. The minimum atomic E-state index is -0.811. The van der Waals surface area contributed by atoms with Crippen molar-refractivity contribution in [3.8, 4) is 0 Å². The van der Waals surface area contributed by atoms with Crippen LogP contribution >= 0.6 is 0 Å². The molecule has 1 aromatic rings. The van der Waals surface area contributed by atoms with Gasteiger partial charge in [-0.15, -0.1) is 0 Å². The lowest BCUT2D eigenvalue weighted by molar-refractivity contribution is -0.141. The molecule has 1 atom stereocenters. The molecular formula is C17H22N2O3. The van der Waals surface area contributed by atoms with Crippen LogP contribution in [0.5, 0.6) is 0 Å². The van der Waals surface area contributed by atoms with Crippen LogP contribution in [0.15, 0.2) is 24.3 Å². The second kappa shape index (κ2) is 5.63. The van der Waals surface area contributed by atoms with E-state index in [-0.39, 0.29) is 11.4 Å². The van der Waals surface area contributed by atoms with E-state index in [4.69, 9.17) is 5.11 Å². The van der Waals surface area contributed by atoms with E-state index in [2.05, 4.69) is 24.4 Å². The summed E-state index contributed by atoms with van der Waals surface area (Å²) in [5.74, 6) is -1.23. The Balaban J connectivity index is 1.58. The highest BCUT2D eigenvalue weighted by Crippen LogP contribution is 2.48. The maximum atomic E-state index is 12.2. The van der Waals surface area contributed by atoms with Crippen LogP contribution in [-0.2, 0) is 10.2 Å². The number of hydrogen-bond acceptors (Lipinski definition) is 2. The van der Waals surface area contributed by atoms with Gasteiger partial charge in [0.25, 0.3) is 0 Å². The number of likely N-dealkylation sites (tertiary alicyclic amines) is 1. The molecule has 118 valence electrons. The van der Waals surface area contributed by atoms with E-state index < -0.39 is 11.9 Å². The molecule has 1 aliphatic carbocycles. The Morgan fingerprint density at radius 1 is 1.36 bits per heavy atom. The minimum absolute atomic E-state index is 0.0763. The zero-order valence-corrected chi connectivity index (χ0v) is 12.8. The first kappa shape index (κ1) is 14.9. The molecule has 0 bridgehead atoms. The highest BCUT2D eigenvalue weighted by molar-refractivity contribution is 5.77. The number of nitrogens with zero attached hydrogens (tertiary/aromatic N) is 1. The number of carbonyl (C=O) groups excluding carboxylic acids is 1. The van der Waals surface area contributed by atoms with Crippen molar-refractivity contribution in [2.45, 2.75) is 31.6 Å². The van der Waals surface area contributed by atoms with Crippen molar-refractivity contribution in [3.05, 3.63) is 35.4 Å². The molecule has 1 aliphatic heterocycles. The van der Waals surface area contributed by atoms with E-state index >= 15 is 0 Å². The third-order valence-electron chi connectivity index (χ3n) is 4.97. The summed E-state index contributed by atoms with van der Waals surface area (Å²) in [4.78, 5) is 24.8. The molecule has 1 unspecified atom stereocenters. The predicted molar refractivity (Wildman–Crippen MR) is 82.8 cm³/mol. The summed E-state index contributed by atoms with van der Waals surface area (Å²) in [7, 11) is 0. The van der Waals surface area contributed by atoms with Crippen molar-refractivity contribution in [3.63, 3.8) is 0 Å². The van der Waals surface area contributed by atoms with Crippen LogP contribution in [0.3, 0.4) is 0 Å². The zero-order valence-electron chi connectivity index (χ0n) is 12.8. The van der Waals surface area contributed by atoms with Crippen molar-refractivity contribution >= 4 is 12.0 Å². The van der Waals surface area contributed by atoms with Crippen molar-refractivity contribution in [2.75, 3.05) is 19.6 Å². The first-order valence-corrected chi connectivity index (χ1v) is 7.83. The number of aliphatic carboxylic acids is 1. The molecule has 3 rings (SSSR count). The van der Waals surface area contributed by atoms with Gasteiger partial charge in [-0.3, -0.25) is 4.79 Å². The van der Waals surface area contributed by atoms with Gasteiger partial charge in [0.15, 0.2) is 0 Å². The van der Waals surface area contributed by atoms with Crippen LogP contribution in [0, 0.1) is 12.8 Å². The molecule has 1 saturated heterocycles. The van der Waals surface area contributed by atoms with E-state index in [1.165, 1.54) is 11.1 Å². The molecular weight excluding hydrogens is 280 g/mol. The van der Waals surface area contributed by atoms with Crippen LogP contribution in [-0.4, -0.2) is 41.6 Å². The third-order valence-corrected chi connectivity index (χ3v) is 4.97. The van der Waals surface area contributed by atoms with Crippen molar-refractivity contribution in [1.82, 2.24) is 10.2 Å². The van der Waals surface area contributed by atoms with Crippen molar-refractivity contribution < 1.29 is 14.7 Å². The summed E-state index contributed by atoms with van der Waals surface area (Å²) in [6, 6.07) is 8.19. The summed E-state index contributed by atoms with van der Waals surface area (Å²) in [6.07, 6.45) is 2.73. The summed E-state index contributed by atoms with van der Waals surface area (Å²) < 4.78 is 0. The Hall–Kier alpha value is -2.04. The Morgan fingerprint density at radius 2 is 2.09 bits per heavy atom. The van der Waals surface area contributed by atoms with Crippen molar-refractivity contribution in [1.29, 1.82) is 0 Å². The van der Waals surface area contributed by atoms with Crippen LogP contribution in [0.25, 0.3) is 0 Å². The monoisotopic (exact) mass is 302 g/mol. The predicted octanol–water partition coefficient (Wildman–Crippen LogP) is 2.14. The molecule has 2 aliphatic rings. The number of carbonyl (C=O) groups is 2. The highest BCUT2D eigenvalue weighted by atomic mass is 16.4. The molecule has 2 fully saturated rings. The summed E-state index contributed by atoms with van der Waals surface area (Å²) >= 11 is 0. The van der Waals surface area contributed by atoms with Crippen LogP contribution in [0.4, 0.5) is 4.79 Å². The van der Waals surface area contributed by atoms with Gasteiger partial charge in [-0.25, -0.2) is 4.79 Å². The molecule has 1 heterocycles. The lowest BCUT2D eigenvalue weighted by Gasteiger charge is -2.22. The molecule has 2 N–H and O–H groups in total. The largest absolute Gasteiger partial charge is 0.481 e. The Labute approximate surface area is 130 Å².